The Morgan fingerprint density at radius 2 is 1.77 bits per heavy atom. The number of hydrazone groups is 1. The van der Waals surface area contributed by atoms with Gasteiger partial charge < -0.3 is 0 Å². The Kier molecular flexibility index (Phi) is 6.10. The summed E-state index contributed by atoms with van der Waals surface area (Å²) in [5.74, 6) is -0.386. The molecule has 0 aliphatic heterocycles. The molecule has 26 heavy (non-hydrogen) atoms. The maximum absolute atomic E-state index is 12.5. The Labute approximate surface area is 174 Å². The number of hydrogen-bond donors (Lipinski definition) is 1. The van der Waals surface area contributed by atoms with Gasteiger partial charge in [-0.3, -0.25) is 4.79 Å². The molecule has 0 unspecified atom stereocenters. The average molecular weight is 446 g/mol. The Morgan fingerprint density at radius 1 is 1.08 bits per heavy atom. The lowest BCUT2D eigenvalue weighted by Crippen LogP contribution is -2.19. The number of carbonyl (C=O) groups excluding carboxylic acids is 1. The van der Waals surface area contributed by atoms with Gasteiger partial charge in [0.15, 0.2) is 0 Å². The van der Waals surface area contributed by atoms with E-state index in [1.54, 1.807) is 36.4 Å². The van der Waals surface area contributed by atoms with E-state index in [1.807, 2.05) is 6.92 Å². The predicted octanol–water partition coefficient (Wildman–Crippen LogP) is 7.06. The number of fused-ring (bicyclic) bond motifs is 1. The first-order chi connectivity index (χ1) is 12.4. The van der Waals surface area contributed by atoms with E-state index in [4.69, 9.17) is 46.4 Å². The SMILES string of the molecule is CC/C(=N/NC(=O)c1sc2cc(Cl)ccc2c1Cl)c1ccc(Cl)cc1Cl. The predicted molar refractivity (Wildman–Crippen MR) is 113 cm³/mol. The summed E-state index contributed by atoms with van der Waals surface area (Å²) in [6.45, 7) is 1.92. The molecule has 1 N–H and O–H groups in total. The fraction of sp³-hybridized carbons (Fsp3) is 0.111. The van der Waals surface area contributed by atoms with Gasteiger partial charge in [0.25, 0.3) is 5.91 Å². The van der Waals surface area contributed by atoms with E-state index < -0.39 is 0 Å². The van der Waals surface area contributed by atoms with E-state index in [9.17, 15) is 4.79 Å². The van der Waals surface area contributed by atoms with Crippen molar-refractivity contribution in [2.75, 3.05) is 0 Å². The minimum atomic E-state index is -0.386. The van der Waals surface area contributed by atoms with Crippen LogP contribution in [-0.4, -0.2) is 11.6 Å². The number of nitrogens with zero attached hydrogens (tertiary/aromatic N) is 1. The molecule has 3 rings (SSSR count). The molecule has 134 valence electrons. The molecule has 0 radical (unpaired) electrons. The van der Waals surface area contributed by atoms with E-state index in [1.165, 1.54) is 11.3 Å². The number of hydrogen-bond acceptors (Lipinski definition) is 3. The summed E-state index contributed by atoms with van der Waals surface area (Å²) in [6.07, 6.45) is 0.581. The molecule has 1 aromatic heterocycles. The summed E-state index contributed by atoms with van der Waals surface area (Å²) in [4.78, 5) is 12.9. The van der Waals surface area contributed by atoms with Crippen LogP contribution in [0.5, 0.6) is 0 Å². The van der Waals surface area contributed by atoms with Crippen LogP contribution in [0, 0.1) is 0 Å². The van der Waals surface area contributed by atoms with E-state index in [0.29, 0.717) is 42.7 Å². The fourth-order valence-electron chi connectivity index (χ4n) is 2.41. The van der Waals surface area contributed by atoms with Gasteiger partial charge in [0, 0.05) is 25.7 Å². The number of thiophene rings is 1. The van der Waals surface area contributed by atoms with Crippen molar-refractivity contribution in [1.29, 1.82) is 0 Å². The Hall–Kier alpha value is -1.30. The van der Waals surface area contributed by atoms with Crippen LogP contribution in [0.4, 0.5) is 0 Å². The topological polar surface area (TPSA) is 41.5 Å². The zero-order chi connectivity index (χ0) is 18.8. The van der Waals surface area contributed by atoms with Gasteiger partial charge in [-0.1, -0.05) is 65.5 Å². The molecule has 2 aromatic carbocycles. The summed E-state index contributed by atoms with van der Waals surface area (Å²) in [6, 6.07) is 10.4. The van der Waals surface area contributed by atoms with E-state index in [-0.39, 0.29) is 5.91 Å². The summed E-state index contributed by atoms with van der Waals surface area (Å²) >= 11 is 25.7. The smallest absolute Gasteiger partial charge is 0.266 e. The van der Waals surface area contributed by atoms with Crippen LogP contribution in [0.1, 0.15) is 28.6 Å². The highest BCUT2D eigenvalue weighted by atomic mass is 35.5. The minimum absolute atomic E-state index is 0.380. The van der Waals surface area contributed by atoms with Crippen molar-refractivity contribution in [3.63, 3.8) is 0 Å². The molecule has 8 heteroatoms. The van der Waals surface area contributed by atoms with Crippen LogP contribution in [-0.2, 0) is 0 Å². The zero-order valence-electron chi connectivity index (χ0n) is 13.4. The first-order valence-electron chi connectivity index (χ1n) is 7.60. The summed E-state index contributed by atoms with van der Waals surface area (Å²) < 4.78 is 0.841. The lowest BCUT2D eigenvalue weighted by molar-refractivity contribution is 0.0959. The van der Waals surface area contributed by atoms with Gasteiger partial charge >= 0.3 is 0 Å². The van der Waals surface area contributed by atoms with Gasteiger partial charge in [-0.2, -0.15) is 5.10 Å². The molecule has 1 amide bonds. The fourth-order valence-corrected chi connectivity index (χ4v) is 4.61. The van der Waals surface area contributed by atoms with E-state index >= 15 is 0 Å². The van der Waals surface area contributed by atoms with Crippen LogP contribution in [0.25, 0.3) is 10.1 Å². The second kappa shape index (κ2) is 8.15. The highest BCUT2D eigenvalue weighted by Gasteiger charge is 2.17. The van der Waals surface area contributed by atoms with Crippen LogP contribution in [0.3, 0.4) is 0 Å². The third-order valence-corrected chi connectivity index (χ3v) is 6.11. The third kappa shape index (κ3) is 4.00. The van der Waals surface area contributed by atoms with Crippen molar-refractivity contribution in [3.05, 3.63) is 66.9 Å². The summed E-state index contributed by atoms with van der Waals surface area (Å²) in [5, 5.41) is 6.99. The minimum Gasteiger partial charge on any atom is -0.266 e. The number of amides is 1. The maximum atomic E-state index is 12.5. The van der Waals surface area contributed by atoms with Crippen LogP contribution in [0.2, 0.25) is 20.1 Å². The number of nitrogens with one attached hydrogen (secondary N) is 1. The zero-order valence-corrected chi connectivity index (χ0v) is 17.3. The third-order valence-electron chi connectivity index (χ3n) is 3.67. The highest BCUT2D eigenvalue weighted by Crippen LogP contribution is 2.36. The van der Waals surface area contributed by atoms with Crippen LogP contribution < -0.4 is 5.43 Å². The van der Waals surface area contributed by atoms with E-state index in [0.717, 1.165) is 10.1 Å². The number of benzene rings is 2. The second-order valence-electron chi connectivity index (χ2n) is 5.36. The number of halogens is 4. The van der Waals surface area contributed by atoms with Crippen molar-refractivity contribution < 1.29 is 4.79 Å². The van der Waals surface area contributed by atoms with Gasteiger partial charge in [-0.15, -0.1) is 11.3 Å². The van der Waals surface area contributed by atoms with Crippen molar-refractivity contribution in [2.45, 2.75) is 13.3 Å². The lowest BCUT2D eigenvalue weighted by atomic mass is 10.1. The molecule has 0 aliphatic rings. The molecule has 0 saturated heterocycles. The van der Waals surface area contributed by atoms with Gasteiger partial charge in [0.1, 0.15) is 4.88 Å². The maximum Gasteiger partial charge on any atom is 0.283 e. The molecule has 3 aromatic rings. The molecule has 1 heterocycles. The van der Waals surface area contributed by atoms with Crippen LogP contribution in [0.15, 0.2) is 41.5 Å². The standard InChI is InChI=1S/C18H12Cl4N2OS/c1-2-14(11-5-3-9(19)7-13(11)21)23-24-18(25)17-16(22)12-6-4-10(20)8-15(12)26-17/h3-8H,2H2,1H3,(H,24,25)/b23-14-. The Balaban J connectivity index is 1.89. The monoisotopic (exact) mass is 444 g/mol. The van der Waals surface area contributed by atoms with Gasteiger partial charge in [0.2, 0.25) is 0 Å². The van der Waals surface area contributed by atoms with Gasteiger partial charge in [-0.25, -0.2) is 5.43 Å². The molecule has 0 saturated carbocycles. The molecule has 3 nitrogen and oxygen atoms in total. The Bertz CT molecular complexity index is 1030. The van der Waals surface area contributed by atoms with Crippen molar-refractivity contribution >= 4 is 79.4 Å². The molecule has 0 fully saturated rings. The van der Waals surface area contributed by atoms with Crippen LogP contribution >= 0.6 is 57.7 Å². The number of rotatable bonds is 4. The number of carbonyl (C=O) groups is 1. The molecular formula is C18H12Cl4N2OS. The second-order valence-corrected chi connectivity index (χ2v) is 8.07. The lowest BCUT2D eigenvalue weighted by Gasteiger charge is -2.07. The summed E-state index contributed by atoms with van der Waals surface area (Å²) in [7, 11) is 0. The summed E-state index contributed by atoms with van der Waals surface area (Å²) in [5.41, 5.74) is 3.91. The first-order valence-corrected chi connectivity index (χ1v) is 9.93. The molecule has 0 bridgehead atoms. The van der Waals surface area contributed by atoms with Crippen molar-refractivity contribution in [3.8, 4) is 0 Å². The molecule has 0 aliphatic carbocycles. The molecule has 0 spiro atoms. The van der Waals surface area contributed by atoms with E-state index in [2.05, 4.69) is 10.5 Å². The normalized spacial score (nSPS) is 11.8. The van der Waals surface area contributed by atoms with Crippen molar-refractivity contribution in [1.82, 2.24) is 5.43 Å². The highest BCUT2D eigenvalue weighted by molar-refractivity contribution is 7.21. The van der Waals surface area contributed by atoms with Crippen molar-refractivity contribution in [2.24, 2.45) is 5.10 Å². The average Bonchev–Trinajstić information content (AvgIpc) is 2.92. The van der Waals surface area contributed by atoms with Gasteiger partial charge in [-0.05, 0) is 30.7 Å². The largest absolute Gasteiger partial charge is 0.283 e. The van der Waals surface area contributed by atoms with Gasteiger partial charge in [0.05, 0.1) is 15.8 Å². The first kappa shape index (κ1) is 19.5. The molecular weight excluding hydrogens is 434 g/mol. The quantitative estimate of drug-likeness (QED) is 0.339. The molecule has 0 atom stereocenters. The Morgan fingerprint density at radius 3 is 2.46 bits per heavy atom.